The Labute approximate surface area is 133 Å². The van der Waals surface area contributed by atoms with Gasteiger partial charge in [0.05, 0.1) is 0 Å². The van der Waals surface area contributed by atoms with E-state index < -0.39 is 0 Å². The number of rotatable bonds is 6. The smallest absolute Gasteiger partial charge is 0.0232 e. The maximum atomic E-state index is 3.49. The Morgan fingerprint density at radius 2 is 1.90 bits per heavy atom. The first-order valence-corrected chi connectivity index (χ1v) is 9.57. The third-order valence-electron chi connectivity index (χ3n) is 4.83. The van der Waals surface area contributed by atoms with Crippen molar-refractivity contribution in [2.45, 2.75) is 43.4 Å². The lowest BCUT2D eigenvalue weighted by atomic mass is 10.1. The van der Waals surface area contributed by atoms with Gasteiger partial charge in [-0.05, 0) is 63.1 Å². The molecule has 0 saturated carbocycles. The molecule has 0 radical (unpaired) electrons. The third-order valence-corrected chi connectivity index (χ3v) is 6.30. The highest BCUT2D eigenvalue weighted by molar-refractivity contribution is 7.99. The summed E-state index contributed by atoms with van der Waals surface area (Å²) in [5, 5.41) is 4.40. The molecule has 1 atom stereocenters. The number of nitrogens with one attached hydrogen (secondary N) is 1. The molecular formula is C18H28N2S. The second kappa shape index (κ2) is 8.21. The van der Waals surface area contributed by atoms with Crippen LogP contribution in [0.2, 0.25) is 0 Å². The molecule has 2 fully saturated rings. The van der Waals surface area contributed by atoms with Gasteiger partial charge in [0.1, 0.15) is 0 Å². The number of hydrogen-bond donors (Lipinski definition) is 1. The van der Waals surface area contributed by atoms with E-state index in [1.54, 1.807) is 0 Å². The quantitative estimate of drug-likeness (QED) is 0.813. The number of nitrogens with zero attached hydrogens (tertiary/aromatic N) is 1. The summed E-state index contributed by atoms with van der Waals surface area (Å²) < 4.78 is 0. The van der Waals surface area contributed by atoms with E-state index >= 15 is 0 Å². The first-order chi connectivity index (χ1) is 10.4. The van der Waals surface area contributed by atoms with Crippen LogP contribution in [0.5, 0.6) is 0 Å². The van der Waals surface area contributed by atoms with Crippen molar-refractivity contribution in [1.29, 1.82) is 0 Å². The highest BCUT2D eigenvalue weighted by Gasteiger charge is 2.26. The highest BCUT2D eigenvalue weighted by atomic mass is 32.2. The lowest BCUT2D eigenvalue weighted by molar-refractivity contribution is 0.176. The first-order valence-electron chi connectivity index (χ1n) is 8.52. The summed E-state index contributed by atoms with van der Waals surface area (Å²) >= 11 is 2.22. The van der Waals surface area contributed by atoms with E-state index in [2.05, 4.69) is 52.3 Å². The molecule has 0 spiro atoms. The van der Waals surface area contributed by atoms with Gasteiger partial charge in [0.25, 0.3) is 0 Å². The van der Waals surface area contributed by atoms with Gasteiger partial charge in [-0.15, -0.1) is 0 Å². The molecule has 2 saturated heterocycles. The average molecular weight is 305 g/mol. The molecule has 1 aromatic rings. The lowest BCUT2D eigenvalue weighted by Crippen LogP contribution is -2.43. The number of aryl methyl sites for hydroxylation is 1. The molecule has 1 N–H and O–H groups in total. The molecule has 0 bridgehead atoms. The minimum atomic E-state index is 0.828. The molecule has 21 heavy (non-hydrogen) atoms. The van der Waals surface area contributed by atoms with E-state index in [9.17, 15) is 0 Å². The van der Waals surface area contributed by atoms with Crippen LogP contribution in [-0.2, 0) is 6.42 Å². The molecule has 2 aliphatic heterocycles. The van der Waals surface area contributed by atoms with Gasteiger partial charge in [-0.25, -0.2) is 0 Å². The molecule has 2 aliphatic rings. The topological polar surface area (TPSA) is 15.3 Å². The normalized spacial score (nSPS) is 24.5. The number of piperidine rings is 1. The fourth-order valence-electron chi connectivity index (χ4n) is 3.53. The van der Waals surface area contributed by atoms with Crippen molar-refractivity contribution >= 4 is 11.8 Å². The van der Waals surface area contributed by atoms with E-state index in [0.29, 0.717) is 0 Å². The molecular weight excluding hydrogens is 276 g/mol. The van der Waals surface area contributed by atoms with Crippen molar-refractivity contribution in [3.8, 4) is 0 Å². The van der Waals surface area contributed by atoms with Crippen LogP contribution >= 0.6 is 11.8 Å². The largest absolute Gasteiger partial charge is 0.315 e. The van der Waals surface area contributed by atoms with Gasteiger partial charge in [-0.2, -0.15) is 11.8 Å². The Bertz CT molecular complexity index is 395. The molecule has 116 valence electrons. The number of benzene rings is 1. The van der Waals surface area contributed by atoms with E-state index in [-0.39, 0.29) is 0 Å². The Morgan fingerprint density at radius 3 is 2.62 bits per heavy atom. The van der Waals surface area contributed by atoms with Crippen LogP contribution in [0, 0.1) is 0 Å². The summed E-state index contributed by atoms with van der Waals surface area (Å²) in [6.07, 6.45) is 6.70. The SMILES string of the molecule is c1ccc(CCCSC2CCN(C3CCNC3)CC2)cc1. The Morgan fingerprint density at radius 1 is 1.10 bits per heavy atom. The van der Waals surface area contributed by atoms with Crippen molar-refractivity contribution in [3.05, 3.63) is 35.9 Å². The van der Waals surface area contributed by atoms with Gasteiger partial charge in [-0.3, -0.25) is 4.90 Å². The predicted octanol–water partition coefficient (Wildman–Crippen LogP) is 3.18. The van der Waals surface area contributed by atoms with Gasteiger partial charge in [0, 0.05) is 17.8 Å². The molecule has 0 amide bonds. The van der Waals surface area contributed by atoms with Crippen LogP contribution in [-0.4, -0.2) is 48.1 Å². The third kappa shape index (κ3) is 4.73. The van der Waals surface area contributed by atoms with Gasteiger partial charge in [0.15, 0.2) is 0 Å². The summed E-state index contributed by atoms with van der Waals surface area (Å²) in [4.78, 5) is 2.72. The van der Waals surface area contributed by atoms with Crippen molar-refractivity contribution in [3.63, 3.8) is 0 Å². The predicted molar refractivity (Wildman–Crippen MR) is 93.1 cm³/mol. The molecule has 3 rings (SSSR count). The molecule has 0 aliphatic carbocycles. The minimum absolute atomic E-state index is 0.828. The van der Waals surface area contributed by atoms with E-state index in [1.807, 2.05) is 0 Å². The van der Waals surface area contributed by atoms with E-state index in [4.69, 9.17) is 0 Å². The van der Waals surface area contributed by atoms with E-state index in [0.717, 1.165) is 11.3 Å². The van der Waals surface area contributed by atoms with Crippen LogP contribution in [0.3, 0.4) is 0 Å². The molecule has 3 heteroatoms. The van der Waals surface area contributed by atoms with Crippen LogP contribution in [0.1, 0.15) is 31.2 Å². The van der Waals surface area contributed by atoms with E-state index in [1.165, 1.54) is 69.6 Å². The summed E-state index contributed by atoms with van der Waals surface area (Å²) in [5.74, 6) is 1.32. The number of thioether (sulfide) groups is 1. The summed E-state index contributed by atoms with van der Waals surface area (Å²) in [5.41, 5.74) is 1.49. The Kier molecular flexibility index (Phi) is 6.02. The van der Waals surface area contributed by atoms with Gasteiger partial charge < -0.3 is 5.32 Å². The van der Waals surface area contributed by atoms with Gasteiger partial charge in [0.2, 0.25) is 0 Å². The van der Waals surface area contributed by atoms with Crippen molar-refractivity contribution < 1.29 is 0 Å². The molecule has 1 aromatic carbocycles. The standard InChI is InChI=1S/C18H28N2S/c1-2-5-16(6-3-1)7-4-14-21-18-9-12-20(13-10-18)17-8-11-19-15-17/h1-3,5-6,17-19H,4,7-15H2. The maximum Gasteiger partial charge on any atom is 0.0232 e. The average Bonchev–Trinajstić information content (AvgIpc) is 3.08. The molecule has 2 heterocycles. The summed E-state index contributed by atoms with van der Waals surface area (Å²) in [7, 11) is 0. The number of hydrogen-bond acceptors (Lipinski definition) is 3. The Balaban J connectivity index is 1.29. The van der Waals surface area contributed by atoms with Crippen molar-refractivity contribution in [2.24, 2.45) is 0 Å². The highest BCUT2D eigenvalue weighted by Crippen LogP contribution is 2.26. The lowest BCUT2D eigenvalue weighted by Gasteiger charge is -2.35. The van der Waals surface area contributed by atoms with Crippen molar-refractivity contribution in [1.82, 2.24) is 10.2 Å². The number of likely N-dealkylation sites (tertiary alicyclic amines) is 1. The van der Waals surface area contributed by atoms with Crippen LogP contribution < -0.4 is 5.32 Å². The fourth-order valence-corrected chi connectivity index (χ4v) is 4.72. The molecule has 1 unspecified atom stereocenters. The molecule has 0 aromatic heterocycles. The molecule has 2 nitrogen and oxygen atoms in total. The zero-order chi connectivity index (χ0) is 14.3. The monoisotopic (exact) mass is 304 g/mol. The fraction of sp³-hybridized carbons (Fsp3) is 0.667. The summed E-state index contributed by atoms with van der Waals surface area (Å²) in [6, 6.07) is 11.7. The summed E-state index contributed by atoms with van der Waals surface area (Å²) in [6.45, 7) is 5.08. The zero-order valence-corrected chi connectivity index (χ0v) is 13.8. The first kappa shape index (κ1) is 15.4. The van der Waals surface area contributed by atoms with Crippen LogP contribution in [0.15, 0.2) is 30.3 Å². The van der Waals surface area contributed by atoms with Crippen molar-refractivity contribution in [2.75, 3.05) is 31.9 Å². The zero-order valence-electron chi connectivity index (χ0n) is 13.0. The minimum Gasteiger partial charge on any atom is -0.315 e. The van der Waals surface area contributed by atoms with Gasteiger partial charge in [-0.1, -0.05) is 30.3 Å². The van der Waals surface area contributed by atoms with Gasteiger partial charge >= 0.3 is 0 Å². The maximum absolute atomic E-state index is 3.49. The van der Waals surface area contributed by atoms with Crippen LogP contribution in [0.25, 0.3) is 0 Å². The van der Waals surface area contributed by atoms with Crippen LogP contribution in [0.4, 0.5) is 0 Å². The Hall–Kier alpha value is -0.510. The second-order valence-corrected chi connectivity index (χ2v) is 7.75. The second-order valence-electron chi connectivity index (χ2n) is 6.34.